The van der Waals surface area contributed by atoms with Gasteiger partial charge in [-0.15, -0.1) is 0 Å². The van der Waals surface area contributed by atoms with Crippen LogP contribution >= 0.6 is 27.3 Å². The number of rotatable bonds is 1. The molecule has 0 spiro atoms. The first-order chi connectivity index (χ1) is 6.58. The Labute approximate surface area is 91.1 Å². The molecule has 2 rings (SSSR count). The van der Waals surface area contributed by atoms with E-state index in [4.69, 9.17) is 0 Å². The second-order valence-corrected chi connectivity index (χ2v) is 4.77. The monoisotopic (exact) mass is 278 g/mol. The fourth-order valence-corrected chi connectivity index (χ4v) is 2.80. The molecular weight excluding hydrogens is 274 g/mol. The number of fused-ring (bicyclic) bond motifs is 1. The number of benzene rings is 1. The maximum absolute atomic E-state index is 12.6. The lowest BCUT2D eigenvalue weighted by Crippen LogP contribution is -1.84. The lowest BCUT2D eigenvalue weighted by Gasteiger charge is -2.02. The van der Waals surface area contributed by atoms with E-state index in [0.717, 1.165) is 11.3 Å². The average Bonchev–Trinajstić information content (AvgIpc) is 2.42. The van der Waals surface area contributed by atoms with Gasteiger partial charge in [0.1, 0.15) is 0 Å². The van der Waals surface area contributed by atoms with Crippen molar-refractivity contribution in [2.24, 2.45) is 0 Å². The van der Waals surface area contributed by atoms with Crippen molar-refractivity contribution in [3.63, 3.8) is 0 Å². The summed E-state index contributed by atoms with van der Waals surface area (Å²) < 4.78 is 26.4. The Hall–Kier alpha value is -0.680. The third-order valence-electron chi connectivity index (χ3n) is 1.86. The number of thiophene rings is 1. The molecule has 0 aliphatic rings. The van der Waals surface area contributed by atoms with Crippen molar-refractivity contribution in [2.45, 2.75) is 6.43 Å². The molecule has 0 saturated carbocycles. The van der Waals surface area contributed by atoms with Gasteiger partial charge < -0.3 is 5.11 Å². The van der Waals surface area contributed by atoms with Crippen LogP contribution in [0.15, 0.2) is 22.7 Å². The highest BCUT2D eigenvalue weighted by molar-refractivity contribution is 9.10. The molecule has 0 radical (unpaired) electrons. The fraction of sp³-hybridized carbons (Fsp3) is 0.111. The maximum atomic E-state index is 12.6. The summed E-state index contributed by atoms with van der Waals surface area (Å²) in [5, 5.41) is 9.69. The minimum absolute atomic E-state index is 0.0501. The molecule has 0 unspecified atom stereocenters. The van der Waals surface area contributed by atoms with Gasteiger partial charge >= 0.3 is 0 Å². The van der Waals surface area contributed by atoms with Crippen LogP contribution in [0.4, 0.5) is 8.78 Å². The van der Waals surface area contributed by atoms with Crippen molar-refractivity contribution in [1.29, 1.82) is 0 Å². The fourth-order valence-electron chi connectivity index (χ4n) is 1.30. The van der Waals surface area contributed by atoms with Gasteiger partial charge in [0.05, 0.1) is 0 Å². The van der Waals surface area contributed by atoms with E-state index in [1.807, 2.05) is 0 Å². The largest absolute Gasteiger partial charge is 0.499 e. The average molecular weight is 279 g/mol. The highest BCUT2D eigenvalue weighted by atomic mass is 79.9. The minimum Gasteiger partial charge on any atom is -0.499 e. The van der Waals surface area contributed by atoms with Crippen LogP contribution in [-0.2, 0) is 0 Å². The molecule has 1 heterocycles. The molecule has 1 aromatic heterocycles. The summed E-state index contributed by atoms with van der Waals surface area (Å²) in [6.45, 7) is 0. The van der Waals surface area contributed by atoms with Gasteiger partial charge in [-0.1, -0.05) is 27.3 Å². The van der Waals surface area contributed by atoms with Crippen LogP contribution in [0.2, 0.25) is 0 Å². The van der Waals surface area contributed by atoms with Crippen molar-refractivity contribution >= 4 is 37.4 Å². The van der Waals surface area contributed by atoms with Crippen LogP contribution in [0.3, 0.4) is 0 Å². The number of aromatic hydroxyl groups is 1. The Balaban J connectivity index is 2.79. The molecule has 0 bridgehead atoms. The van der Waals surface area contributed by atoms with Crippen molar-refractivity contribution < 1.29 is 13.9 Å². The summed E-state index contributed by atoms with van der Waals surface area (Å²) in [7, 11) is 0. The molecule has 0 amide bonds. The van der Waals surface area contributed by atoms with Crippen LogP contribution in [0.5, 0.6) is 5.06 Å². The van der Waals surface area contributed by atoms with E-state index in [9.17, 15) is 13.9 Å². The number of hydrogen-bond acceptors (Lipinski definition) is 2. The predicted molar refractivity (Wildman–Crippen MR) is 56.1 cm³/mol. The van der Waals surface area contributed by atoms with E-state index in [1.165, 1.54) is 12.1 Å². The van der Waals surface area contributed by atoms with Gasteiger partial charge in [-0.2, -0.15) is 0 Å². The Morgan fingerprint density at radius 3 is 2.64 bits per heavy atom. The quantitative estimate of drug-likeness (QED) is 0.824. The highest BCUT2D eigenvalue weighted by Crippen LogP contribution is 2.38. The van der Waals surface area contributed by atoms with Crippen LogP contribution < -0.4 is 0 Å². The minimum atomic E-state index is -2.52. The molecule has 1 N–H and O–H groups in total. The lowest BCUT2D eigenvalue weighted by molar-refractivity contribution is 0.153. The first kappa shape index (κ1) is 9.86. The van der Waals surface area contributed by atoms with Crippen LogP contribution in [0.25, 0.3) is 10.1 Å². The number of hydrogen-bond donors (Lipinski definition) is 1. The SMILES string of the molecule is Oc1cc2c(C(F)F)cc(Br)cc2s1. The van der Waals surface area contributed by atoms with Gasteiger partial charge in [0.15, 0.2) is 5.06 Å². The second-order valence-electron chi connectivity index (χ2n) is 2.79. The molecule has 2 aromatic rings. The third-order valence-corrected chi connectivity index (χ3v) is 3.20. The van der Waals surface area contributed by atoms with Crippen molar-refractivity contribution in [2.75, 3.05) is 0 Å². The standard InChI is InChI=1S/C9H5BrF2OS/c10-4-1-6(9(11)12)5-3-8(13)14-7(5)2-4/h1-3,9,13H. The van der Waals surface area contributed by atoms with E-state index in [0.29, 0.717) is 14.6 Å². The van der Waals surface area contributed by atoms with Crippen molar-refractivity contribution in [1.82, 2.24) is 0 Å². The summed E-state index contributed by atoms with van der Waals surface area (Å²) in [4.78, 5) is 0. The molecule has 1 aromatic carbocycles. The summed E-state index contributed by atoms with van der Waals surface area (Å²) in [6.07, 6.45) is -2.52. The van der Waals surface area contributed by atoms with E-state index < -0.39 is 6.43 Å². The molecule has 0 saturated heterocycles. The number of halogens is 3. The van der Waals surface area contributed by atoms with E-state index in [-0.39, 0.29) is 10.6 Å². The van der Waals surface area contributed by atoms with E-state index >= 15 is 0 Å². The third kappa shape index (κ3) is 1.62. The molecule has 5 heteroatoms. The summed E-state index contributed by atoms with van der Waals surface area (Å²) in [5.41, 5.74) is -0.0501. The van der Waals surface area contributed by atoms with Gasteiger partial charge in [-0.3, -0.25) is 0 Å². The predicted octanol–water partition coefficient (Wildman–Crippen LogP) is 4.31. The molecule has 0 atom stereocenters. The van der Waals surface area contributed by atoms with Crippen LogP contribution in [0.1, 0.15) is 12.0 Å². The molecule has 1 nitrogen and oxygen atoms in total. The molecule has 14 heavy (non-hydrogen) atoms. The molecule has 0 fully saturated rings. The van der Waals surface area contributed by atoms with Crippen LogP contribution in [0, 0.1) is 0 Å². The Kier molecular flexibility index (Phi) is 2.45. The van der Waals surface area contributed by atoms with Gasteiger partial charge in [0.25, 0.3) is 6.43 Å². The van der Waals surface area contributed by atoms with Crippen molar-refractivity contribution in [3.8, 4) is 5.06 Å². The van der Waals surface area contributed by atoms with Gasteiger partial charge in [-0.05, 0) is 18.2 Å². The summed E-state index contributed by atoms with van der Waals surface area (Å²) in [5.74, 6) is 0. The van der Waals surface area contributed by atoms with E-state index in [1.54, 1.807) is 6.07 Å². The Morgan fingerprint density at radius 2 is 2.00 bits per heavy atom. The Morgan fingerprint density at radius 1 is 1.29 bits per heavy atom. The molecule has 74 valence electrons. The van der Waals surface area contributed by atoms with Gasteiger partial charge in [-0.25, -0.2) is 8.78 Å². The van der Waals surface area contributed by atoms with Crippen LogP contribution in [-0.4, -0.2) is 5.11 Å². The smallest absolute Gasteiger partial charge is 0.264 e. The Bertz CT molecular complexity index is 481. The second kappa shape index (κ2) is 3.47. The zero-order valence-electron chi connectivity index (χ0n) is 6.80. The molecule has 0 aliphatic carbocycles. The number of alkyl halides is 2. The van der Waals surface area contributed by atoms with Gasteiger partial charge in [0, 0.05) is 20.1 Å². The van der Waals surface area contributed by atoms with E-state index in [2.05, 4.69) is 15.9 Å². The maximum Gasteiger partial charge on any atom is 0.264 e. The molecule has 0 aliphatic heterocycles. The zero-order valence-corrected chi connectivity index (χ0v) is 9.20. The van der Waals surface area contributed by atoms with Gasteiger partial charge in [0.2, 0.25) is 0 Å². The van der Waals surface area contributed by atoms with Crippen molar-refractivity contribution in [3.05, 3.63) is 28.2 Å². The zero-order chi connectivity index (χ0) is 10.3. The highest BCUT2D eigenvalue weighted by Gasteiger charge is 2.14. The summed E-state index contributed by atoms with van der Waals surface area (Å²) in [6, 6.07) is 4.46. The lowest BCUT2D eigenvalue weighted by atomic mass is 10.1. The topological polar surface area (TPSA) is 20.2 Å². The first-order valence-electron chi connectivity index (χ1n) is 3.78. The summed E-state index contributed by atoms with van der Waals surface area (Å²) >= 11 is 4.24. The normalized spacial score (nSPS) is 11.4. The first-order valence-corrected chi connectivity index (χ1v) is 5.39. The molecular formula is C9H5BrF2OS.